The Bertz CT molecular complexity index is 1180. The molecule has 0 aliphatic carbocycles. The molecule has 1 fully saturated rings. The SMILES string of the molecule is COC(=O)c1ccc([N+](=O)[O-])c(O[C@@H]2O[C@H](C(O)C(C)=O)[C@@](O)(C(C)=O)[C@@](O)(C(C)=O)[C@]2(O)C(C)=O)c1. The predicted octanol–water partition coefficient (Wildman–Crippen LogP) is -1.60. The fourth-order valence-electron chi connectivity index (χ4n) is 4.16. The number of aliphatic hydroxyl groups excluding tert-OH is 1. The summed E-state index contributed by atoms with van der Waals surface area (Å²) >= 11 is 0. The molecule has 6 atom stereocenters. The van der Waals surface area contributed by atoms with Crippen molar-refractivity contribution in [2.24, 2.45) is 0 Å². The molecule has 1 saturated heterocycles. The first-order valence-electron chi connectivity index (χ1n) is 10.5. The highest BCUT2D eigenvalue weighted by Gasteiger charge is 2.80. The molecule has 37 heavy (non-hydrogen) atoms. The van der Waals surface area contributed by atoms with E-state index < -0.39 is 80.8 Å². The number of carbonyl (C=O) groups excluding carboxylic acids is 5. The zero-order valence-electron chi connectivity index (χ0n) is 20.3. The largest absolute Gasteiger partial charge is 0.465 e. The molecule has 0 aromatic heterocycles. The van der Waals surface area contributed by atoms with Crippen LogP contribution in [0.1, 0.15) is 38.1 Å². The standard InChI is InChI=1S/C22H25NO14/c1-9(24)16(28)17-20(30,10(2)25)22(32,12(4)27)21(31,11(3)26)19(37-17)36-15-8-13(18(29)35-5)6-7-14(15)23(33)34/h6-8,16-17,19,28,30-32H,1-5H3/t16?,17-,19-,20+,21+,22+/m1/s1. The highest BCUT2D eigenvalue weighted by molar-refractivity contribution is 6.05. The molecular weight excluding hydrogens is 502 g/mol. The van der Waals surface area contributed by atoms with Gasteiger partial charge in [-0.1, -0.05) is 0 Å². The topological polar surface area (TPSA) is 237 Å². The molecule has 0 bridgehead atoms. The molecule has 1 aliphatic rings. The van der Waals surface area contributed by atoms with Gasteiger partial charge in [-0.25, -0.2) is 4.79 Å². The Hall–Kier alpha value is -3.63. The summed E-state index contributed by atoms with van der Waals surface area (Å²) in [6, 6.07) is 2.53. The zero-order chi connectivity index (χ0) is 28.7. The minimum absolute atomic E-state index is 0.312. The number of Topliss-reactive ketones (excluding diaryl/α,β-unsaturated/α-hetero) is 4. The van der Waals surface area contributed by atoms with E-state index in [-0.39, 0.29) is 5.56 Å². The number of benzene rings is 1. The highest BCUT2D eigenvalue weighted by Crippen LogP contribution is 2.48. The second-order valence-corrected chi connectivity index (χ2v) is 8.40. The Morgan fingerprint density at radius 1 is 1.00 bits per heavy atom. The van der Waals surface area contributed by atoms with Crippen LogP contribution in [0.4, 0.5) is 5.69 Å². The van der Waals surface area contributed by atoms with Gasteiger partial charge in [0.25, 0.3) is 0 Å². The van der Waals surface area contributed by atoms with Crippen LogP contribution in [0.3, 0.4) is 0 Å². The third-order valence-corrected chi connectivity index (χ3v) is 6.22. The van der Waals surface area contributed by atoms with Crippen molar-refractivity contribution in [2.45, 2.75) is 63.0 Å². The minimum atomic E-state index is -3.81. The Balaban J connectivity index is 2.92. The van der Waals surface area contributed by atoms with Crippen molar-refractivity contribution in [2.75, 3.05) is 7.11 Å². The number of hydrogen-bond acceptors (Lipinski definition) is 14. The van der Waals surface area contributed by atoms with Gasteiger partial charge in [0.1, 0.15) is 12.2 Å². The van der Waals surface area contributed by atoms with Crippen LogP contribution in [0.25, 0.3) is 0 Å². The number of ether oxygens (including phenoxy) is 3. The molecule has 0 spiro atoms. The summed E-state index contributed by atoms with van der Waals surface area (Å²) in [6.07, 6.45) is -7.62. The van der Waals surface area contributed by atoms with E-state index in [1.54, 1.807) is 0 Å². The molecule has 0 amide bonds. The first-order valence-corrected chi connectivity index (χ1v) is 10.5. The van der Waals surface area contributed by atoms with Gasteiger partial charge in [-0.2, -0.15) is 0 Å². The van der Waals surface area contributed by atoms with Crippen LogP contribution >= 0.6 is 0 Å². The second-order valence-electron chi connectivity index (χ2n) is 8.40. The fraction of sp³-hybridized carbons (Fsp3) is 0.500. The van der Waals surface area contributed by atoms with E-state index in [2.05, 4.69) is 4.74 Å². The molecule has 15 heteroatoms. The smallest absolute Gasteiger partial charge is 0.337 e. The van der Waals surface area contributed by atoms with E-state index in [9.17, 15) is 54.5 Å². The lowest BCUT2D eigenvalue weighted by molar-refractivity contribution is -0.389. The maximum atomic E-state index is 12.7. The summed E-state index contributed by atoms with van der Waals surface area (Å²) in [5.41, 5.74) is -12.2. The molecular formula is C22H25NO14. The average Bonchev–Trinajstić information content (AvgIpc) is 2.82. The number of nitro benzene ring substituents is 1. The van der Waals surface area contributed by atoms with Crippen molar-refractivity contribution in [3.8, 4) is 5.75 Å². The normalized spacial score (nSPS) is 30.1. The molecule has 15 nitrogen and oxygen atoms in total. The lowest BCUT2D eigenvalue weighted by Crippen LogP contribution is -2.87. The van der Waals surface area contributed by atoms with E-state index in [4.69, 9.17) is 9.47 Å². The molecule has 4 N–H and O–H groups in total. The van der Waals surface area contributed by atoms with Crippen LogP contribution in [0.15, 0.2) is 18.2 Å². The average molecular weight is 527 g/mol. The molecule has 1 unspecified atom stereocenters. The minimum Gasteiger partial charge on any atom is -0.465 e. The number of aliphatic hydroxyl groups is 4. The number of carbonyl (C=O) groups is 5. The molecule has 1 aromatic carbocycles. The van der Waals surface area contributed by atoms with Crippen LogP contribution in [0.5, 0.6) is 5.75 Å². The van der Waals surface area contributed by atoms with Crippen molar-refractivity contribution >= 4 is 34.8 Å². The number of nitro groups is 1. The van der Waals surface area contributed by atoms with Crippen LogP contribution in [-0.2, 0) is 28.7 Å². The number of rotatable bonds is 9. The number of methoxy groups -OCH3 is 1. The highest BCUT2D eigenvalue weighted by atomic mass is 16.7. The van der Waals surface area contributed by atoms with Gasteiger partial charge in [0.2, 0.25) is 23.2 Å². The quantitative estimate of drug-likeness (QED) is 0.161. The summed E-state index contributed by atoms with van der Waals surface area (Å²) in [7, 11) is 1.01. The van der Waals surface area contributed by atoms with E-state index >= 15 is 0 Å². The third-order valence-electron chi connectivity index (χ3n) is 6.22. The second kappa shape index (κ2) is 10.0. The van der Waals surface area contributed by atoms with Crippen molar-refractivity contribution in [3.63, 3.8) is 0 Å². The summed E-state index contributed by atoms with van der Waals surface area (Å²) < 4.78 is 15.2. The van der Waals surface area contributed by atoms with Gasteiger partial charge in [0, 0.05) is 12.1 Å². The first kappa shape index (κ1) is 29.6. The van der Waals surface area contributed by atoms with Crippen LogP contribution in [0.2, 0.25) is 0 Å². The zero-order valence-corrected chi connectivity index (χ0v) is 20.3. The number of esters is 1. The van der Waals surface area contributed by atoms with Crippen molar-refractivity contribution in [3.05, 3.63) is 33.9 Å². The summed E-state index contributed by atoms with van der Waals surface area (Å²) in [5, 5.41) is 56.2. The molecule has 0 saturated carbocycles. The van der Waals surface area contributed by atoms with Gasteiger partial charge in [-0.3, -0.25) is 29.3 Å². The summed E-state index contributed by atoms with van der Waals surface area (Å²) in [6.45, 7) is 2.63. The first-order chi connectivity index (χ1) is 16.9. The van der Waals surface area contributed by atoms with Gasteiger partial charge in [0.15, 0.2) is 28.7 Å². The fourth-order valence-corrected chi connectivity index (χ4v) is 4.16. The molecule has 1 aliphatic heterocycles. The van der Waals surface area contributed by atoms with E-state index in [0.29, 0.717) is 20.8 Å². The van der Waals surface area contributed by atoms with Crippen LogP contribution in [-0.4, -0.2) is 96.9 Å². The Morgan fingerprint density at radius 2 is 1.54 bits per heavy atom. The van der Waals surface area contributed by atoms with Gasteiger partial charge in [-0.15, -0.1) is 0 Å². The van der Waals surface area contributed by atoms with Gasteiger partial charge in [-0.05, 0) is 33.8 Å². The van der Waals surface area contributed by atoms with Crippen molar-refractivity contribution < 1.29 is 63.5 Å². The van der Waals surface area contributed by atoms with Crippen LogP contribution < -0.4 is 4.74 Å². The molecule has 1 aromatic rings. The lowest BCUT2D eigenvalue weighted by Gasteiger charge is -2.57. The predicted molar refractivity (Wildman–Crippen MR) is 117 cm³/mol. The molecule has 1 heterocycles. The van der Waals surface area contributed by atoms with E-state index in [1.807, 2.05) is 0 Å². The molecule has 202 valence electrons. The van der Waals surface area contributed by atoms with Gasteiger partial charge < -0.3 is 34.6 Å². The molecule has 0 radical (unpaired) electrons. The number of hydrogen-bond donors (Lipinski definition) is 4. The maximum Gasteiger partial charge on any atom is 0.337 e. The Kier molecular flexibility index (Phi) is 8.02. The lowest BCUT2D eigenvalue weighted by atomic mass is 9.60. The summed E-state index contributed by atoms with van der Waals surface area (Å²) in [5.74, 6) is -7.57. The number of ketones is 4. The third kappa shape index (κ3) is 4.30. The van der Waals surface area contributed by atoms with Crippen molar-refractivity contribution in [1.82, 2.24) is 0 Å². The van der Waals surface area contributed by atoms with E-state index in [1.165, 1.54) is 0 Å². The van der Waals surface area contributed by atoms with Gasteiger partial charge >= 0.3 is 11.7 Å². The molecule has 2 rings (SSSR count). The maximum absolute atomic E-state index is 12.7. The van der Waals surface area contributed by atoms with E-state index in [0.717, 1.165) is 32.2 Å². The summed E-state index contributed by atoms with van der Waals surface area (Å²) in [4.78, 5) is 72.5. The number of nitrogens with zero attached hydrogens (tertiary/aromatic N) is 1. The monoisotopic (exact) mass is 527 g/mol. The Morgan fingerprint density at radius 3 is 1.95 bits per heavy atom. The van der Waals surface area contributed by atoms with Gasteiger partial charge in [0.05, 0.1) is 17.6 Å². The van der Waals surface area contributed by atoms with Crippen molar-refractivity contribution in [1.29, 1.82) is 0 Å². The van der Waals surface area contributed by atoms with Crippen LogP contribution in [0, 0.1) is 10.1 Å². The Labute approximate surface area is 208 Å².